The van der Waals surface area contributed by atoms with E-state index in [1.54, 1.807) is 6.20 Å². The number of pyridine rings is 1. The molecule has 5 heteroatoms. The van der Waals surface area contributed by atoms with E-state index in [4.69, 9.17) is 9.15 Å². The van der Waals surface area contributed by atoms with Gasteiger partial charge in [-0.25, -0.2) is 4.98 Å². The van der Waals surface area contributed by atoms with Gasteiger partial charge in [-0.1, -0.05) is 6.92 Å². The average molecular weight is 233 g/mol. The van der Waals surface area contributed by atoms with Crippen LogP contribution in [0.25, 0.3) is 11.2 Å². The number of nitrogens with one attached hydrogen (secondary N) is 1. The van der Waals surface area contributed by atoms with Crippen LogP contribution < -0.4 is 5.32 Å². The third-order valence-corrected chi connectivity index (χ3v) is 3.05. The summed E-state index contributed by atoms with van der Waals surface area (Å²) in [6, 6.07) is 4.02. The minimum absolute atomic E-state index is 0.184. The fourth-order valence-electron chi connectivity index (χ4n) is 2.21. The summed E-state index contributed by atoms with van der Waals surface area (Å²) in [7, 11) is 0. The molecule has 0 aliphatic carbocycles. The average Bonchev–Trinajstić information content (AvgIpc) is 2.94. The zero-order valence-corrected chi connectivity index (χ0v) is 9.72. The van der Waals surface area contributed by atoms with Crippen LogP contribution in [-0.2, 0) is 4.74 Å². The molecule has 17 heavy (non-hydrogen) atoms. The summed E-state index contributed by atoms with van der Waals surface area (Å²) in [4.78, 5) is 8.61. The molecule has 2 unspecified atom stereocenters. The Kier molecular flexibility index (Phi) is 2.78. The topological polar surface area (TPSA) is 60.2 Å². The number of fused-ring (bicyclic) bond motifs is 1. The fraction of sp³-hybridized carbons (Fsp3) is 0.500. The van der Waals surface area contributed by atoms with Gasteiger partial charge in [0.05, 0.1) is 19.1 Å². The Balaban J connectivity index is 1.92. The lowest BCUT2D eigenvalue weighted by molar-refractivity contribution is 0.186. The Morgan fingerprint density at radius 3 is 3.24 bits per heavy atom. The second kappa shape index (κ2) is 4.43. The molecule has 0 bridgehead atoms. The second-order valence-electron chi connectivity index (χ2n) is 4.19. The first-order valence-corrected chi connectivity index (χ1v) is 5.91. The molecular weight excluding hydrogens is 218 g/mol. The first-order valence-electron chi connectivity index (χ1n) is 5.91. The maximum atomic E-state index is 5.73. The van der Waals surface area contributed by atoms with Crippen LogP contribution in [0.5, 0.6) is 0 Å². The van der Waals surface area contributed by atoms with E-state index < -0.39 is 0 Å². The number of aromatic nitrogens is 2. The third-order valence-electron chi connectivity index (χ3n) is 3.05. The zero-order chi connectivity index (χ0) is 11.7. The van der Waals surface area contributed by atoms with Gasteiger partial charge < -0.3 is 14.5 Å². The van der Waals surface area contributed by atoms with Gasteiger partial charge in [0, 0.05) is 12.2 Å². The van der Waals surface area contributed by atoms with E-state index in [0.717, 1.165) is 18.0 Å². The summed E-state index contributed by atoms with van der Waals surface area (Å²) in [5.41, 5.74) is 1.41. The predicted octanol–water partition coefficient (Wildman–Crippen LogP) is 1.31. The van der Waals surface area contributed by atoms with Crippen LogP contribution in [0.4, 0.5) is 0 Å². The molecule has 1 aliphatic rings. The smallest absolute Gasteiger partial charge is 0.204 e. The fourth-order valence-corrected chi connectivity index (χ4v) is 2.21. The lowest BCUT2D eigenvalue weighted by atomic mass is 10.0. The Bertz CT molecular complexity index is 478. The Morgan fingerprint density at radius 1 is 1.47 bits per heavy atom. The van der Waals surface area contributed by atoms with Gasteiger partial charge in [0.25, 0.3) is 0 Å². The summed E-state index contributed by atoms with van der Waals surface area (Å²) in [5, 5.41) is 3.39. The van der Waals surface area contributed by atoms with Crippen LogP contribution in [-0.4, -0.2) is 35.8 Å². The van der Waals surface area contributed by atoms with Crippen LogP contribution >= 0.6 is 0 Å². The summed E-state index contributed by atoms with van der Waals surface area (Å²) in [6.45, 7) is 4.38. The Morgan fingerprint density at radius 2 is 2.41 bits per heavy atom. The first-order chi connectivity index (χ1) is 8.38. The van der Waals surface area contributed by atoms with Crippen molar-refractivity contribution in [2.24, 2.45) is 0 Å². The van der Waals surface area contributed by atoms with Crippen LogP contribution in [0.1, 0.15) is 18.7 Å². The minimum Gasteiger partial charge on any atom is -0.438 e. The van der Waals surface area contributed by atoms with Crippen molar-refractivity contribution >= 4 is 11.2 Å². The lowest BCUT2D eigenvalue weighted by Crippen LogP contribution is -2.34. The van der Waals surface area contributed by atoms with Crippen molar-refractivity contribution < 1.29 is 9.15 Å². The molecule has 1 saturated heterocycles. The highest BCUT2D eigenvalue weighted by molar-refractivity contribution is 5.67. The van der Waals surface area contributed by atoms with Crippen molar-refractivity contribution in [3.63, 3.8) is 0 Å². The monoisotopic (exact) mass is 233 g/mol. The standard InChI is InChI=1S/C12H15N3O2/c1-2-13-9-7-16-6-8(9)12-15-11-10(17-12)4-3-5-14-11/h3-5,8-9,13H,2,6-7H2,1H3. The summed E-state index contributed by atoms with van der Waals surface area (Å²) < 4.78 is 11.2. The molecule has 3 rings (SSSR count). The second-order valence-corrected chi connectivity index (χ2v) is 4.19. The van der Waals surface area contributed by atoms with E-state index in [9.17, 15) is 0 Å². The van der Waals surface area contributed by atoms with Crippen molar-refractivity contribution in [2.45, 2.75) is 18.9 Å². The molecular formula is C12H15N3O2. The highest BCUT2D eigenvalue weighted by Crippen LogP contribution is 2.27. The molecule has 0 amide bonds. The molecule has 5 nitrogen and oxygen atoms in total. The van der Waals surface area contributed by atoms with Crippen LogP contribution in [0.15, 0.2) is 22.7 Å². The molecule has 1 fully saturated rings. The van der Waals surface area contributed by atoms with E-state index in [0.29, 0.717) is 18.9 Å². The highest BCUT2D eigenvalue weighted by Gasteiger charge is 2.32. The molecule has 2 aromatic rings. The Labute approximate surface area is 99.2 Å². The predicted molar refractivity (Wildman–Crippen MR) is 62.8 cm³/mol. The number of ether oxygens (including phenoxy) is 1. The van der Waals surface area contributed by atoms with Crippen molar-refractivity contribution in [1.29, 1.82) is 0 Å². The zero-order valence-electron chi connectivity index (χ0n) is 9.72. The van der Waals surface area contributed by atoms with E-state index in [1.807, 2.05) is 12.1 Å². The number of hydrogen-bond donors (Lipinski definition) is 1. The molecule has 3 heterocycles. The van der Waals surface area contributed by atoms with Gasteiger partial charge in [-0.15, -0.1) is 0 Å². The number of rotatable bonds is 3. The van der Waals surface area contributed by atoms with Crippen LogP contribution in [0.2, 0.25) is 0 Å². The third kappa shape index (κ3) is 1.92. The van der Waals surface area contributed by atoms with E-state index in [2.05, 4.69) is 22.2 Å². The van der Waals surface area contributed by atoms with Gasteiger partial charge in [0.15, 0.2) is 11.2 Å². The lowest BCUT2D eigenvalue weighted by Gasteiger charge is -2.14. The summed E-state index contributed by atoms with van der Waals surface area (Å²) in [6.07, 6.45) is 1.72. The first kappa shape index (κ1) is 10.7. The largest absolute Gasteiger partial charge is 0.438 e. The molecule has 0 spiro atoms. The van der Waals surface area contributed by atoms with Crippen LogP contribution in [0, 0.1) is 0 Å². The number of likely N-dealkylation sites (N-methyl/N-ethyl adjacent to an activating group) is 1. The van der Waals surface area contributed by atoms with Crippen molar-refractivity contribution in [2.75, 3.05) is 19.8 Å². The van der Waals surface area contributed by atoms with Crippen molar-refractivity contribution in [3.05, 3.63) is 24.2 Å². The number of hydrogen-bond acceptors (Lipinski definition) is 5. The molecule has 0 saturated carbocycles. The van der Waals surface area contributed by atoms with Crippen molar-refractivity contribution in [1.82, 2.24) is 15.3 Å². The molecule has 1 N–H and O–H groups in total. The van der Waals surface area contributed by atoms with Gasteiger partial charge in [-0.2, -0.15) is 4.98 Å². The van der Waals surface area contributed by atoms with E-state index in [-0.39, 0.29) is 12.0 Å². The maximum Gasteiger partial charge on any atom is 0.204 e. The van der Waals surface area contributed by atoms with Gasteiger partial charge in [0.2, 0.25) is 5.89 Å². The highest BCUT2D eigenvalue weighted by atomic mass is 16.5. The minimum atomic E-state index is 0.184. The molecule has 0 radical (unpaired) electrons. The molecule has 1 aliphatic heterocycles. The molecule has 2 atom stereocenters. The van der Waals surface area contributed by atoms with E-state index >= 15 is 0 Å². The quantitative estimate of drug-likeness (QED) is 0.866. The van der Waals surface area contributed by atoms with Gasteiger partial charge in [0.1, 0.15) is 0 Å². The van der Waals surface area contributed by atoms with Crippen LogP contribution in [0.3, 0.4) is 0 Å². The number of oxazole rings is 1. The molecule has 90 valence electrons. The van der Waals surface area contributed by atoms with Gasteiger partial charge in [-0.3, -0.25) is 0 Å². The molecule has 0 aromatic carbocycles. The van der Waals surface area contributed by atoms with Crippen molar-refractivity contribution in [3.8, 4) is 0 Å². The Hall–Kier alpha value is -1.46. The summed E-state index contributed by atoms with van der Waals surface area (Å²) >= 11 is 0. The van der Waals surface area contributed by atoms with Gasteiger partial charge >= 0.3 is 0 Å². The van der Waals surface area contributed by atoms with E-state index in [1.165, 1.54) is 0 Å². The normalized spacial score (nSPS) is 24.5. The SMILES string of the molecule is CCNC1COCC1c1nc2ncccc2o1. The molecule has 2 aromatic heterocycles. The summed E-state index contributed by atoms with van der Waals surface area (Å²) in [5.74, 6) is 0.909. The number of nitrogens with zero attached hydrogens (tertiary/aromatic N) is 2. The van der Waals surface area contributed by atoms with Gasteiger partial charge in [-0.05, 0) is 18.7 Å². The maximum absolute atomic E-state index is 5.73.